The average Bonchev–Trinajstić information content (AvgIpc) is 3.32. The lowest BCUT2D eigenvalue weighted by Crippen LogP contribution is -2.30. The molecule has 0 aliphatic carbocycles. The first kappa shape index (κ1) is 64.4. The zero-order chi connectivity index (χ0) is 49.9. The van der Waals surface area contributed by atoms with Crippen molar-refractivity contribution in [2.24, 2.45) is 0 Å². The average molecular weight is 973 g/mol. The second-order valence-electron chi connectivity index (χ2n) is 16.9. The monoisotopic (exact) mass is 973 g/mol. The number of hydrogen-bond acceptors (Lipinski definition) is 10. The van der Waals surface area contributed by atoms with Crippen molar-refractivity contribution in [3.63, 3.8) is 0 Å². The molecule has 2 N–H and O–H groups in total. The topological polar surface area (TPSA) is 155 Å². The van der Waals surface area contributed by atoms with Gasteiger partial charge in [-0.3, -0.25) is 23.4 Å². The first-order valence-corrected chi connectivity index (χ1v) is 27.6. The van der Waals surface area contributed by atoms with Crippen LogP contribution in [0.1, 0.15) is 201 Å². The lowest BCUT2D eigenvalue weighted by molar-refractivity contribution is -0.161. The van der Waals surface area contributed by atoms with Crippen LogP contribution in [0.5, 0.6) is 0 Å². The molecule has 68 heavy (non-hydrogen) atoms. The Balaban J connectivity index is 4.86. The summed E-state index contributed by atoms with van der Waals surface area (Å²) in [6.07, 6.45) is 56.7. The molecule has 0 aromatic rings. The third-order valence-corrected chi connectivity index (χ3v) is 11.4. The van der Waals surface area contributed by atoms with Crippen molar-refractivity contribution in [1.29, 1.82) is 0 Å². The van der Waals surface area contributed by atoms with E-state index in [1.165, 1.54) is 25.7 Å². The number of carbonyl (C=O) groups is 3. The third kappa shape index (κ3) is 47.5. The van der Waals surface area contributed by atoms with Gasteiger partial charge in [-0.2, -0.15) is 0 Å². The van der Waals surface area contributed by atoms with Gasteiger partial charge in [-0.15, -0.1) is 0 Å². The maximum atomic E-state index is 12.8. The molecule has 3 atom stereocenters. The van der Waals surface area contributed by atoms with Gasteiger partial charge < -0.3 is 24.2 Å². The number of ether oxygens (including phenoxy) is 3. The zero-order valence-corrected chi connectivity index (χ0v) is 43.4. The predicted molar refractivity (Wildman–Crippen MR) is 279 cm³/mol. The fourth-order valence-electron chi connectivity index (χ4n) is 6.53. The summed E-state index contributed by atoms with van der Waals surface area (Å²) in [5.74, 6) is -1.57. The number of phosphoric acid groups is 1. The Morgan fingerprint density at radius 3 is 1.24 bits per heavy atom. The van der Waals surface area contributed by atoms with E-state index in [9.17, 15) is 28.9 Å². The van der Waals surface area contributed by atoms with Gasteiger partial charge in [0.05, 0.1) is 19.8 Å². The second-order valence-corrected chi connectivity index (χ2v) is 18.4. The molecule has 0 fully saturated rings. The van der Waals surface area contributed by atoms with Gasteiger partial charge in [-0.05, 0) is 116 Å². The molecule has 0 saturated carbocycles. The zero-order valence-electron chi connectivity index (χ0n) is 42.5. The molecule has 0 bridgehead atoms. The fourth-order valence-corrected chi connectivity index (χ4v) is 7.31. The smallest absolute Gasteiger partial charge is 0.462 e. The Labute approximate surface area is 412 Å². The van der Waals surface area contributed by atoms with Gasteiger partial charge in [0.2, 0.25) is 0 Å². The van der Waals surface area contributed by atoms with E-state index in [0.717, 1.165) is 116 Å². The van der Waals surface area contributed by atoms with Crippen molar-refractivity contribution in [3.05, 3.63) is 97.2 Å². The molecule has 0 heterocycles. The van der Waals surface area contributed by atoms with Crippen molar-refractivity contribution >= 4 is 25.7 Å². The second kappa shape index (κ2) is 49.8. The SMILES string of the molecule is CC/C=C\C/C=C\C/C=C\C/C=C\CCCCC(=O)OC(COC(=O)CCCCCCC/C=C\CCCCCC)COP(=O)(O)OCC(CO)OC(=O)CCCCC/C=C\C/C=C\C/C=C\CC. The number of allylic oxidation sites excluding steroid dienone is 16. The van der Waals surface area contributed by atoms with Crippen LogP contribution in [0, 0.1) is 0 Å². The van der Waals surface area contributed by atoms with Crippen LogP contribution < -0.4 is 0 Å². The van der Waals surface area contributed by atoms with Gasteiger partial charge in [-0.1, -0.05) is 163 Å². The molecule has 3 unspecified atom stereocenters. The van der Waals surface area contributed by atoms with E-state index in [2.05, 4.69) is 118 Å². The number of unbranched alkanes of at least 4 members (excludes halogenated alkanes) is 14. The first-order chi connectivity index (χ1) is 33.2. The molecule has 0 amide bonds. The molecule has 0 spiro atoms. The molecule has 0 aromatic carbocycles. The Hall–Kier alpha value is -3.60. The van der Waals surface area contributed by atoms with Crippen LogP contribution in [-0.2, 0) is 42.2 Å². The van der Waals surface area contributed by atoms with Gasteiger partial charge in [0.15, 0.2) is 6.10 Å². The van der Waals surface area contributed by atoms with E-state index >= 15 is 0 Å². The quantitative estimate of drug-likeness (QED) is 0.0197. The van der Waals surface area contributed by atoms with Crippen LogP contribution >= 0.6 is 7.82 Å². The number of rotatable bonds is 47. The maximum absolute atomic E-state index is 12.8. The van der Waals surface area contributed by atoms with Crippen LogP contribution in [-0.4, -0.2) is 66.5 Å². The summed E-state index contributed by atoms with van der Waals surface area (Å²) in [6, 6.07) is 0. The highest BCUT2D eigenvalue weighted by molar-refractivity contribution is 7.47. The molecule has 0 saturated heterocycles. The minimum absolute atomic E-state index is 0.107. The number of esters is 3. The van der Waals surface area contributed by atoms with Gasteiger partial charge >= 0.3 is 25.7 Å². The van der Waals surface area contributed by atoms with Crippen LogP contribution in [0.4, 0.5) is 0 Å². The van der Waals surface area contributed by atoms with Crippen molar-refractivity contribution in [1.82, 2.24) is 0 Å². The van der Waals surface area contributed by atoms with Gasteiger partial charge in [0.25, 0.3) is 0 Å². The molecule has 0 rings (SSSR count). The lowest BCUT2D eigenvalue weighted by atomic mass is 10.1. The normalized spacial score (nSPS) is 14.2. The van der Waals surface area contributed by atoms with E-state index in [4.69, 9.17) is 23.3 Å². The van der Waals surface area contributed by atoms with Crippen molar-refractivity contribution in [2.45, 2.75) is 213 Å². The standard InChI is InChI=1S/C56H93O11P/c1-4-7-10-13-16-19-22-25-26-29-32-35-38-41-44-47-56(60)67-53(49-63-54(58)45-42-39-36-33-30-27-23-20-17-14-11-8-5-2)51-65-68(61,62)64-50-52(48-57)66-55(59)46-43-40-37-34-31-28-24-21-18-15-12-9-6-3/h7,9-10,12,16,18-21,23,25-26,28,31-32,35,52-53,57H,4-6,8,11,13-15,17,22,24,27,29-30,33-34,36-51H2,1-3H3,(H,61,62)/b10-7-,12-9-,19-16-,21-18-,23-20-,26-25-,31-28-,35-32-. The summed E-state index contributed by atoms with van der Waals surface area (Å²) in [7, 11) is -4.77. The minimum atomic E-state index is -4.77. The predicted octanol–water partition coefficient (Wildman–Crippen LogP) is 14.9. The molecule has 0 radical (unpaired) electrons. The molecular weight excluding hydrogens is 880 g/mol. The first-order valence-electron chi connectivity index (χ1n) is 26.1. The summed E-state index contributed by atoms with van der Waals surface area (Å²) in [4.78, 5) is 48.3. The fraction of sp³-hybridized carbons (Fsp3) is 0.661. The highest BCUT2D eigenvalue weighted by Gasteiger charge is 2.28. The van der Waals surface area contributed by atoms with Gasteiger partial charge in [-0.25, -0.2) is 4.57 Å². The number of phosphoric ester groups is 1. The maximum Gasteiger partial charge on any atom is 0.472 e. The number of hydrogen-bond donors (Lipinski definition) is 2. The number of aliphatic hydroxyl groups is 1. The van der Waals surface area contributed by atoms with Gasteiger partial charge in [0, 0.05) is 19.3 Å². The van der Waals surface area contributed by atoms with Crippen LogP contribution in [0.2, 0.25) is 0 Å². The van der Waals surface area contributed by atoms with E-state index in [1.54, 1.807) is 0 Å². The summed E-state index contributed by atoms with van der Waals surface area (Å²) in [6.45, 7) is 4.28. The highest BCUT2D eigenvalue weighted by atomic mass is 31.2. The summed E-state index contributed by atoms with van der Waals surface area (Å²) in [5, 5.41) is 9.77. The Morgan fingerprint density at radius 2 is 0.765 bits per heavy atom. The van der Waals surface area contributed by atoms with E-state index < -0.39 is 57.8 Å². The minimum Gasteiger partial charge on any atom is -0.462 e. The van der Waals surface area contributed by atoms with E-state index in [-0.39, 0.29) is 25.9 Å². The van der Waals surface area contributed by atoms with Crippen LogP contribution in [0.15, 0.2) is 97.2 Å². The van der Waals surface area contributed by atoms with E-state index in [0.29, 0.717) is 19.3 Å². The van der Waals surface area contributed by atoms with Crippen molar-refractivity contribution in [3.8, 4) is 0 Å². The van der Waals surface area contributed by atoms with Gasteiger partial charge in [0.1, 0.15) is 12.7 Å². The number of carbonyl (C=O) groups excluding carboxylic acids is 3. The molecular formula is C56H93O11P. The summed E-state index contributed by atoms with van der Waals surface area (Å²) >= 11 is 0. The highest BCUT2D eigenvalue weighted by Crippen LogP contribution is 2.43. The molecule has 388 valence electrons. The summed E-state index contributed by atoms with van der Waals surface area (Å²) < 4.78 is 39.3. The Kier molecular flexibility index (Phi) is 47.2. The molecule has 11 nitrogen and oxygen atoms in total. The number of aliphatic hydroxyl groups excluding tert-OH is 1. The molecule has 0 aliphatic heterocycles. The third-order valence-electron chi connectivity index (χ3n) is 10.5. The summed E-state index contributed by atoms with van der Waals surface area (Å²) in [5.41, 5.74) is 0. The van der Waals surface area contributed by atoms with Crippen LogP contribution in [0.3, 0.4) is 0 Å². The van der Waals surface area contributed by atoms with Crippen LogP contribution in [0.25, 0.3) is 0 Å². The molecule has 0 aliphatic rings. The Bertz CT molecular complexity index is 1510. The Morgan fingerprint density at radius 1 is 0.426 bits per heavy atom. The van der Waals surface area contributed by atoms with Crippen molar-refractivity contribution in [2.75, 3.05) is 26.4 Å². The lowest BCUT2D eigenvalue weighted by Gasteiger charge is -2.21. The molecule has 12 heteroatoms. The molecule has 0 aromatic heterocycles. The van der Waals surface area contributed by atoms with Crippen molar-refractivity contribution < 1.29 is 52.2 Å². The largest absolute Gasteiger partial charge is 0.472 e. The van der Waals surface area contributed by atoms with E-state index in [1.807, 2.05) is 0 Å².